The summed E-state index contributed by atoms with van der Waals surface area (Å²) in [5.74, 6) is -0.290. The number of nitrogens with zero attached hydrogens (tertiary/aromatic N) is 1. The molecule has 3 rings (SSSR count). The lowest BCUT2D eigenvalue weighted by Crippen LogP contribution is -2.09. The molecule has 0 N–H and O–H groups in total. The topological polar surface area (TPSA) is 65.5 Å². The zero-order valence-corrected chi connectivity index (χ0v) is 13.9. The molecule has 0 saturated carbocycles. The van der Waals surface area contributed by atoms with E-state index in [-0.39, 0.29) is 12.1 Å². The molecule has 0 spiro atoms. The summed E-state index contributed by atoms with van der Waals surface area (Å²) in [5.41, 5.74) is 1.35. The first kappa shape index (κ1) is 16.6. The Kier molecular flexibility index (Phi) is 4.75. The first-order chi connectivity index (χ1) is 12.0. The van der Waals surface area contributed by atoms with Crippen molar-refractivity contribution in [3.05, 3.63) is 72.1 Å². The molecule has 5 heteroatoms. The summed E-state index contributed by atoms with van der Waals surface area (Å²) in [6.07, 6.45) is 2.96. The number of carbonyl (C=O) groups excluding carboxylic acids is 2. The summed E-state index contributed by atoms with van der Waals surface area (Å²) in [7, 11) is 0. The number of fused-ring (bicyclic) bond motifs is 1. The Bertz CT molecular complexity index is 921. The normalized spacial score (nSPS) is 11.8. The van der Waals surface area contributed by atoms with Crippen LogP contribution in [0.1, 0.15) is 35.9 Å². The molecule has 0 radical (unpaired) electrons. The lowest BCUT2D eigenvalue weighted by atomic mass is 10.1. The molecule has 3 aromatic rings. The van der Waals surface area contributed by atoms with Crippen molar-refractivity contribution in [3.8, 4) is 5.75 Å². The molecule has 1 heterocycles. The first-order valence-corrected chi connectivity index (χ1v) is 7.86. The van der Waals surface area contributed by atoms with E-state index in [2.05, 4.69) is 4.98 Å². The van der Waals surface area contributed by atoms with Gasteiger partial charge in [-0.1, -0.05) is 12.1 Å². The zero-order chi connectivity index (χ0) is 17.8. The Morgan fingerprint density at radius 1 is 0.960 bits per heavy atom. The summed E-state index contributed by atoms with van der Waals surface area (Å²) < 4.78 is 10.6. The highest BCUT2D eigenvalue weighted by Gasteiger charge is 2.14. The molecule has 0 bridgehead atoms. The zero-order valence-electron chi connectivity index (χ0n) is 13.9. The fraction of sp³-hybridized carbons (Fsp3) is 0.150. The van der Waals surface area contributed by atoms with Gasteiger partial charge in [0.15, 0.2) is 0 Å². The Labute approximate surface area is 145 Å². The Balaban J connectivity index is 1.79. The van der Waals surface area contributed by atoms with E-state index in [1.807, 2.05) is 19.1 Å². The van der Waals surface area contributed by atoms with E-state index < -0.39 is 5.97 Å². The molecule has 0 aliphatic rings. The van der Waals surface area contributed by atoms with Crippen LogP contribution in [-0.4, -0.2) is 16.9 Å². The molecule has 0 aliphatic carbocycles. The third kappa shape index (κ3) is 4.01. The molecule has 0 fully saturated rings. The average molecular weight is 335 g/mol. The second-order valence-electron chi connectivity index (χ2n) is 5.65. The molecule has 0 amide bonds. The highest BCUT2D eigenvalue weighted by Crippen LogP contribution is 2.24. The van der Waals surface area contributed by atoms with Gasteiger partial charge in [0.1, 0.15) is 11.9 Å². The van der Waals surface area contributed by atoms with Gasteiger partial charge in [0.25, 0.3) is 0 Å². The molecule has 1 atom stereocenters. The molecule has 0 saturated heterocycles. The molecule has 5 nitrogen and oxygen atoms in total. The van der Waals surface area contributed by atoms with Crippen LogP contribution in [0.25, 0.3) is 10.8 Å². The van der Waals surface area contributed by atoms with E-state index in [1.165, 1.54) is 6.92 Å². The van der Waals surface area contributed by atoms with Crippen molar-refractivity contribution < 1.29 is 19.1 Å². The number of pyridine rings is 1. The van der Waals surface area contributed by atoms with Gasteiger partial charge in [0.2, 0.25) is 0 Å². The third-order valence-electron chi connectivity index (χ3n) is 3.77. The van der Waals surface area contributed by atoms with Crippen molar-refractivity contribution >= 4 is 22.7 Å². The van der Waals surface area contributed by atoms with Gasteiger partial charge >= 0.3 is 11.9 Å². The maximum atomic E-state index is 12.4. The van der Waals surface area contributed by atoms with Crippen molar-refractivity contribution in [3.63, 3.8) is 0 Å². The number of rotatable bonds is 4. The van der Waals surface area contributed by atoms with Crippen LogP contribution in [0.2, 0.25) is 0 Å². The maximum absolute atomic E-state index is 12.4. The van der Waals surface area contributed by atoms with E-state index in [0.717, 1.165) is 16.3 Å². The van der Waals surface area contributed by atoms with Crippen LogP contribution < -0.4 is 4.74 Å². The standard InChI is InChI=1S/C20H17NO4/c1-13(15-7-9-21-10-8-15)24-20(23)18-4-3-17-12-19(25-14(2)22)6-5-16(17)11-18/h3-13H,1-2H3/t13-/m0/s1. The molecule has 25 heavy (non-hydrogen) atoms. The molecule has 1 aromatic heterocycles. The molecular formula is C20H17NO4. The van der Waals surface area contributed by atoms with E-state index in [4.69, 9.17) is 9.47 Å². The fourth-order valence-electron chi connectivity index (χ4n) is 2.51. The minimum atomic E-state index is -0.393. The van der Waals surface area contributed by atoms with Crippen LogP contribution >= 0.6 is 0 Å². The quantitative estimate of drug-likeness (QED) is 0.531. The van der Waals surface area contributed by atoms with Gasteiger partial charge in [0, 0.05) is 19.3 Å². The second kappa shape index (κ2) is 7.13. The van der Waals surface area contributed by atoms with E-state index in [9.17, 15) is 9.59 Å². The van der Waals surface area contributed by atoms with Crippen LogP contribution in [0.5, 0.6) is 5.75 Å². The highest BCUT2D eigenvalue weighted by atomic mass is 16.5. The van der Waals surface area contributed by atoms with E-state index in [1.54, 1.807) is 48.8 Å². The predicted molar refractivity (Wildman–Crippen MR) is 93.3 cm³/mol. The number of hydrogen-bond donors (Lipinski definition) is 0. The Hall–Kier alpha value is -3.21. The van der Waals surface area contributed by atoms with E-state index in [0.29, 0.717) is 11.3 Å². The average Bonchev–Trinajstić information content (AvgIpc) is 2.61. The maximum Gasteiger partial charge on any atom is 0.338 e. The highest BCUT2D eigenvalue weighted by molar-refractivity contribution is 5.96. The number of ether oxygens (including phenoxy) is 2. The SMILES string of the molecule is CC(=O)Oc1ccc2cc(C(=O)O[C@@H](C)c3ccncc3)ccc2c1. The van der Waals surface area contributed by atoms with Gasteiger partial charge in [-0.2, -0.15) is 0 Å². The number of hydrogen-bond acceptors (Lipinski definition) is 5. The lowest BCUT2D eigenvalue weighted by molar-refractivity contribution is -0.131. The monoisotopic (exact) mass is 335 g/mol. The van der Waals surface area contributed by atoms with Gasteiger partial charge in [-0.3, -0.25) is 9.78 Å². The van der Waals surface area contributed by atoms with Crippen LogP contribution in [-0.2, 0) is 9.53 Å². The number of esters is 2. The molecular weight excluding hydrogens is 318 g/mol. The first-order valence-electron chi connectivity index (χ1n) is 7.86. The summed E-state index contributed by atoms with van der Waals surface area (Å²) in [5, 5.41) is 1.74. The number of benzene rings is 2. The van der Waals surface area contributed by atoms with Crippen molar-refractivity contribution in [1.29, 1.82) is 0 Å². The van der Waals surface area contributed by atoms with Crippen LogP contribution in [0.3, 0.4) is 0 Å². The van der Waals surface area contributed by atoms with Gasteiger partial charge < -0.3 is 9.47 Å². The van der Waals surface area contributed by atoms with Gasteiger partial charge in [-0.25, -0.2) is 4.79 Å². The fourth-order valence-corrected chi connectivity index (χ4v) is 2.51. The van der Waals surface area contributed by atoms with Gasteiger partial charge in [-0.15, -0.1) is 0 Å². The Morgan fingerprint density at radius 3 is 2.36 bits per heavy atom. The smallest absolute Gasteiger partial charge is 0.338 e. The minimum Gasteiger partial charge on any atom is -0.454 e. The van der Waals surface area contributed by atoms with Crippen LogP contribution in [0.15, 0.2) is 60.9 Å². The van der Waals surface area contributed by atoms with Crippen molar-refractivity contribution in [2.75, 3.05) is 0 Å². The number of carbonyl (C=O) groups is 2. The van der Waals surface area contributed by atoms with Gasteiger partial charge in [-0.05, 0) is 59.7 Å². The van der Waals surface area contributed by atoms with Gasteiger partial charge in [0.05, 0.1) is 5.56 Å². The molecule has 0 aliphatic heterocycles. The van der Waals surface area contributed by atoms with E-state index >= 15 is 0 Å². The summed E-state index contributed by atoms with van der Waals surface area (Å²) in [6, 6.07) is 14.1. The van der Waals surface area contributed by atoms with Crippen LogP contribution in [0.4, 0.5) is 0 Å². The summed E-state index contributed by atoms with van der Waals surface area (Å²) in [4.78, 5) is 27.4. The van der Waals surface area contributed by atoms with Crippen molar-refractivity contribution in [2.45, 2.75) is 20.0 Å². The van der Waals surface area contributed by atoms with Crippen molar-refractivity contribution in [1.82, 2.24) is 4.98 Å². The Morgan fingerprint density at radius 2 is 1.64 bits per heavy atom. The van der Waals surface area contributed by atoms with Crippen molar-refractivity contribution in [2.24, 2.45) is 0 Å². The summed E-state index contributed by atoms with van der Waals surface area (Å²) >= 11 is 0. The summed E-state index contributed by atoms with van der Waals surface area (Å²) in [6.45, 7) is 3.17. The number of aromatic nitrogens is 1. The molecule has 2 aromatic carbocycles. The largest absolute Gasteiger partial charge is 0.454 e. The second-order valence-corrected chi connectivity index (χ2v) is 5.65. The third-order valence-corrected chi connectivity index (χ3v) is 3.77. The van der Waals surface area contributed by atoms with Crippen LogP contribution in [0, 0.1) is 0 Å². The minimum absolute atomic E-state index is 0.363. The predicted octanol–water partition coefficient (Wildman–Crippen LogP) is 4.08. The molecule has 0 unspecified atom stereocenters. The molecule has 126 valence electrons. The lowest BCUT2D eigenvalue weighted by Gasteiger charge is -2.13.